The first-order chi connectivity index (χ1) is 12.8. The Bertz CT molecular complexity index is 859. The molecule has 27 heavy (non-hydrogen) atoms. The molecule has 2 aliphatic heterocycles. The Morgan fingerprint density at radius 2 is 1.26 bits per heavy atom. The Kier molecular flexibility index (Phi) is 6.08. The van der Waals surface area contributed by atoms with Gasteiger partial charge in [-0.05, 0) is 19.2 Å². The molecule has 0 saturated carbocycles. The number of para-hydroxylation sites is 1. The first kappa shape index (κ1) is 20.5. The molecule has 1 aromatic rings. The van der Waals surface area contributed by atoms with Crippen LogP contribution in [0.4, 0.5) is 0 Å². The van der Waals surface area contributed by atoms with E-state index in [2.05, 4.69) is 4.90 Å². The van der Waals surface area contributed by atoms with Crippen molar-refractivity contribution in [2.75, 3.05) is 66.5 Å². The van der Waals surface area contributed by atoms with Gasteiger partial charge in [0.15, 0.2) is 0 Å². The number of piperazine rings is 2. The average molecular weight is 419 g/mol. The van der Waals surface area contributed by atoms with E-state index in [9.17, 15) is 16.8 Å². The van der Waals surface area contributed by atoms with E-state index in [1.54, 1.807) is 18.2 Å². The van der Waals surface area contributed by atoms with Crippen molar-refractivity contribution < 1.29 is 21.6 Å². The van der Waals surface area contributed by atoms with Crippen LogP contribution in [0.3, 0.4) is 0 Å². The Morgan fingerprint density at radius 1 is 0.778 bits per heavy atom. The van der Waals surface area contributed by atoms with E-state index < -0.39 is 20.2 Å². The lowest BCUT2D eigenvalue weighted by Crippen LogP contribution is -2.57. The van der Waals surface area contributed by atoms with Crippen LogP contribution in [0.5, 0.6) is 5.75 Å². The van der Waals surface area contributed by atoms with E-state index >= 15 is 0 Å². The number of rotatable bonds is 5. The second kappa shape index (κ2) is 8.02. The van der Waals surface area contributed by atoms with Crippen LogP contribution >= 0.6 is 0 Å². The topological polar surface area (TPSA) is 90.5 Å². The average Bonchev–Trinajstić information content (AvgIpc) is 2.68. The lowest BCUT2D eigenvalue weighted by atomic mass is 10.3. The second-order valence-corrected chi connectivity index (χ2v) is 10.5. The third-order valence-electron chi connectivity index (χ3n) is 5.00. The second-order valence-electron chi connectivity index (χ2n) is 6.66. The van der Waals surface area contributed by atoms with Crippen molar-refractivity contribution >= 4 is 20.2 Å². The molecule has 0 N–H and O–H groups in total. The van der Waals surface area contributed by atoms with Crippen molar-refractivity contribution in [2.45, 2.75) is 4.90 Å². The largest absolute Gasteiger partial charge is 0.495 e. The minimum atomic E-state index is -3.74. The molecule has 11 heteroatoms. The van der Waals surface area contributed by atoms with Crippen LogP contribution in [-0.4, -0.2) is 101 Å². The molecule has 0 spiro atoms. The summed E-state index contributed by atoms with van der Waals surface area (Å²) in [5, 5.41) is 0. The summed E-state index contributed by atoms with van der Waals surface area (Å²) in [5.74, 6) is 0.282. The zero-order chi connectivity index (χ0) is 19.7. The predicted molar refractivity (Wildman–Crippen MR) is 101 cm³/mol. The number of methoxy groups -OCH3 is 1. The highest BCUT2D eigenvalue weighted by molar-refractivity contribution is 7.89. The number of ether oxygens (including phenoxy) is 1. The molecule has 0 aliphatic carbocycles. The first-order valence-corrected chi connectivity index (χ1v) is 11.7. The summed E-state index contributed by atoms with van der Waals surface area (Å²) in [6.07, 6.45) is 0. The fourth-order valence-electron chi connectivity index (χ4n) is 3.29. The smallest absolute Gasteiger partial charge is 0.282 e. The summed E-state index contributed by atoms with van der Waals surface area (Å²) < 4.78 is 60.8. The van der Waals surface area contributed by atoms with Gasteiger partial charge in [-0.25, -0.2) is 8.42 Å². The standard InChI is InChI=1S/C16H26N4O5S2/c1-17-7-9-19(10-8-17)27(23,24)20-13-11-18(12-14-20)26(21,22)16-6-4-3-5-15(16)25-2/h3-6H,7-14H2,1-2H3. The molecule has 2 heterocycles. The monoisotopic (exact) mass is 418 g/mol. The molecule has 0 aromatic heterocycles. The Balaban J connectivity index is 1.69. The van der Waals surface area contributed by atoms with Gasteiger partial charge in [0.25, 0.3) is 10.2 Å². The summed E-state index contributed by atoms with van der Waals surface area (Å²) in [7, 11) is -3.91. The highest BCUT2D eigenvalue weighted by atomic mass is 32.2. The molecule has 1 aromatic carbocycles. The highest BCUT2D eigenvalue weighted by Gasteiger charge is 2.37. The van der Waals surface area contributed by atoms with Crippen molar-refractivity contribution in [3.8, 4) is 5.75 Å². The number of sulfonamides is 1. The fourth-order valence-corrected chi connectivity index (χ4v) is 6.45. The van der Waals surface area contributed by atoms with E-state index in [0.717, 1.165) is 0 Å². The van der Waals surface area contributed by atoms with E-state index in [1.807, 2.05) is 7.05 Å². The highest BCUT2D eigenvalue weighted by Crippen LogP contribution is 2.27. The number of hydrogen-bond acceptors (Lipinski definition) is 6. The lowest BCUT2D eigenvalue weighted by molar-refractivity contribution is 0.201. The van der Waals surface area contributed by atoms with Crippen molar-refractivity contribution in [3.63, 3.8) is 0 Å². The summed E-state index contributed by atoms with van der Waals surface area (Å²) in [5.41, 5.74) is 0. The van der Waals surface area contributed by atoms with Gasteiger partial charge in [0.05, 0.1) is 7.11 Å². The molecule has 2 aliphatic rings. The maximum Gasteiger partial charge on any atom is 0.282 e. The molecule has 0 atom stereocenters. The van der Waals surface area contributed by atoms with Crippen LogP contribution in [0.15, 0.2) is 29.2 Å². The number of benzene rings is 1. The maximum absolute atomic E-state index is 12.9. The lowest BCUT2D eigenvalue weighted by Gasteiger charge is -2.38. The van der Waals surface area contributed by atoms with Gasteiger partial charge in [-0.3, -0.25) is 0 Å². The molecule has 2 saturated heterocycles. The van der Waals surface area contributed by atoms with Crippen LogP contribution < -0.4 is 4.74 Å². The minimum absolute atomic E-state index is 0.0999. The summed E-state index contributed by atoms with van der Waals surface area (Å²) in [4.78, 5) is 2.19. The molecule has 0 unspecified atom stereocenters. The van der Waals surface area contributed by atoms with E-state index in [-0.39, 0.29) is 36.8 Å². The molecule has 2 fully saturated rings. The van der Waals surface area contributed by atoms with Crippen LogP contribution in [0, 0.1) is 0 Å². The van der Waals surface area contributed by atoms with E-state index in [1.165, 1.54) is 26.1 Å². The maximum atomic E-state index is 12.9. The van der Waals surface area contributed by atoms with Crippen LogP contribution in [-0.2, 0) is 20.2 Å². The Morgan fingerprint density at radius 3 is 1.81 bits per heavy atom. The summed E-state index contributed by atoms with van der Waals surface area (Å²) >= 11 is 0. The molecule has 152 valence electrons. The number of nitrogens with zero attached hydrogens (tertiary/aromatic N) is 4. The van der Waals surface area contributed by atoms with Crippen molar-refractivity contribution in [3.05, 3.63) is 24.3 Å². The molecular weight excluding hydrogens is 392 g/mol. The summed E-state index contributed by atoms with van der Waals surface area (Å²) in [6.45, 7) is 2.83. The van der Waals surface area contributed by atoms with Gasteiger partial charge < -0.3 is 9.64 Å². The first-order valence-electron chi connectivity index (χ1n) is 8.84. The third kappa shape index (κ3) is 4.13. The zero-order valence-electron chi connectivity index (χ0n) is 15.6. The van der Waals surface area contributed by atoms with Gasteiger partial charge in [-0.2, -0.15) is 21.3 Å². The molecule has 0 bridgehead atoms. The SMILES string of the molecule is COc1ccccc1S(=O)(=O)N1CCN(S(=O)(=O)N2CCN(C)CC2)CC1. The van der Waals surface area contributed by atoms with E-state index in [4.69, 9.17) is 4.74 Å². The Labute approximate surface area is 161 Å². The van der Waals surface area contributed by atoms with Gasteiger partial charge in [0.1, 0.15) is 10.6 Å². The van der Waals surface area contributed by atoms with Gasteiger partial charge in [-0.15, -0.1) is 0 Å². The van der Waals surface area contributed by atoms with Gasteiger partial charge in [0.2, 0.25) is 10.0 Å². The molecular formula is C16H26N4O5S2. The van der Waals surface area contributed by atoms with Crippen LogP contribution in [0.25, 0.3) is 0 Å². The molecule has 3 rings (SSSR count). The number of likely N-dealkylation sites (N-methyl/N-ethyl adjacent to an activating group) is 1. The molecule has 0 amide bonds. The molecule has 0 radical (unpaired) electrons. The summed E-state index contributed by atoms with van der Waals surface area (Å²) in [6, 6.07) is 6.45. The van der Waals surface area contributed by atoms with Crippen LogP contribution in [0.1, 0.15) is 0 Å². The third-order valence-corrected chi connectivity index (χ3v) is 8.97. The van der Waals surface area contributed by atoms with Crippen molar-refractivity contribution in [1.82, 2.24) is 17.8 Å². The van der Waals surface area contributed by atoms with Crippen molar-refractivity contribution in [1.29, 1.82) is 0 Å². The Hall–Kier alpha value is -1.24. The number of hydrogen-bond donors (Lipinski definition) is 0. The fraction of sp³-hybridized carbons (Fsp3) is 0.625. The van der Waals surface area contributed by atoms with Gasteiger partial charge in [-0.1, -0.05) is 12.1 Å². The predicted octanol–water partition coefficient (Wildman–Crippen LogP) is -0.506. The minimum Gasteiger partial charge on any atom is -0.495 e. The molecule has 9 nitrogen and oxygen atoms in total. The van der Waals surface area contributed by atoms with E-state index in [0.29, 0.717) is 26.2 Å². The van der Waals surface area contributed by atoms with Crippen molar-refractivity contribution in [2.24, 2.45) is 0 Å². The zero-order valence-corrected chi connectivity index (χ0v) is 17.2. The normalized spacial score (nSPS) is 22.0. The van der Waals surface area contributed by atoms with Crippen LogP contribution in [0.2, 0.25) is 0 Å². The quantitative estimate of drug-likeness (QED) is 0.640. The van der Waals surface area contributed by atoms with Gasteiger partial charge in [0, 0.05) is 52.4 Å². The van der Waals surface area contributed by atoms with Gasteiger partial charge >= 0.3 is 0 Å².